The zero-order chi connectivity index (χ0) is 9.00. The van der Waals surface area contributed by atoms with Gasteiger partial charge in [0.25, 0.3) is 0 Å². The Hall–Kier alpha value is -0.250. The van der Waals surface area contributed by atoms with Gasteiger partial charge < -0.3 is 25.2 Å². The quantitative estimate of drug-likeness (QED) is 0.292. The summed E-state index contributed by atoms with van der Waals surface area (Å²) in [6.07, 6.45) is 0. The summed E-state index contributed by atoms with van der Waals surface area (Å²) in [6, 6.07) is 0. The van der Waals surface area contributed by atoms with E-state index in [1.54, 1.807) is 0 Å². The first-order chi connectivity index (χ1) is 4.00. The van der Waals surface area contributed by atoms with Crippen LogP contribution in [0.2, 0.25) is 0 Å². The van der Waals surface area contributed by atoms with Crippen molar-refractivity contribution in [3.63, 3.8) is 0 Å². The van der Waals surface area contributed by atoms with Gasteiger partial charge in [0.1, 0.15) is 0 Å². The molecular weight excluding hydrogens is 188 g/mol. The van der Waals surface area contributed by atoms with Gasteiger partial charge in [-0.05, 0) is 0 Å². The van der Waals surface area contributed by atoms with Crippen molar-refractivity contribution in [2.75, 3.05) is 28.2 Å². The summed E-state index contributed by atoms with van der Waals surface area (Å²) < 4.78 is 35.1. The number of rotatable bonds is 0. The summed E-state index contributed by atoms with van der Waals surface area (Å²) in [5.74, 6) is 0. The van der Waals surface area contributed by atoms with Gasteiger partial charge in [0, 0.05) is 10.4 Å². The molecule has 12 heavy (non-hydrogen) atoms. The van der Waals surface area contributed by atoms with Crippen molar-refractivity contribution in [1.82, 2.24) is 6.15 Å². The van der Waals surface area contributed by atoms with Crippen LogP contribution in [0.5, 0.6) is 0 Å². The average molecular weight is 206 g/mol. The molecule has 0 heterocycles. The van der Waals surface area contributed by atoms with Crippen LogP contribution in [0, 0.1) is 0 Å². The molecule has 0 atom stereocenters. The first-order valence-electron chi connectivity index (χ1n) is 2.46. The molecular formula is C4H18N2O5S. The van der Waals surface area contributed by atoms with Gasteiger partial charge in [-0.25, -0.2) is 0 Å². The second kappa shape index (κ2) is 7.40. The lowest BCUT2D eigenvalue weighted by molar-refractivity contribution is -0.849. The van der Waals surface area contributed by atoms with E-state index in [-0.39, 0.29) is 11.6 Å². The summed E-state index contributed by atoms with van der Waals surface area (Å²) in [4.78, 5) is 0. The van der Waals surface area contributed by atoms with Gasteiger partial charge in [-0.3, -0.25) is 8.42 Å². The molecule has 7 nitrogen and oxygen atoms in total. The Morgan fingerprint density at radius 2 is 1.00 bits per heavy atom. The Kier molecular flexibility index (Phi) is 13.9. The van der Waals surface area contributed by atoms with E-state index in [0.29, 0.717) is 0 Å². The number of quaternary nitrogens is 2. The molecule has 0 unspecified atom stereocenters. The third kappa shape index (κ3) is 11900. The van der Waals surface area contributed by atoms with Crippen molar-refractivity contribution in [3.8, 4) is 0 Å². The second-order valence-corrected chi connectivity index (χ2v) is 3.91. The standard InChI is InChI=1S/C4H12N.H3N.H2O4S.H2O/c1-5(2,3)4;;1-5(2,3)4;/h1-4H3;1H3;(H2,1,2,3,4);1H2/q+1;;;/p-1. The van der Waals surface area contributed by atoms with Gasteiger partial charge in [-0.2, -0.15) is 0 Å². The van der Waals surface area contributed by atoms with E-state index in [1.807, 2.05) is 0 Å². The van der Waals surface area contributed by atoms with Crippen LogP contribution in [-0.2, 0) is 10.4 Å². The highest BCUT2D eigenvalue weighted by atomic mass is 32.3. The van der Waals surface area contributed by atoms with E-state index in [2.05, 4.69) is 28.2 Å². The van der Waals surface area contributed by atoms with E-state index in [4.69, 9.17) is 17.5 Å². The summed E-state index contributed by atoms with van der Waals surface area (Å²) in [5, 5.41) is 0. The van der Waals surface area contributed by atoms with Crippen molar-refractivity contribution in [2.45, 2.75) is 0 Å². The maximum Gasteiger partial charge on any atom is 0.0675 e. The zero-order valence-electron chi connectivity index (χ0n) is 7.99. The molecule has 0 saturated carbocycles. The fourth-order valence-electron chi connectivity index (χ4n) is 0. The fourth-order valence-corrected chi connectivity index (χ4v) is 0. The molecule has 0 aliphatic rings. The van der Waals surface area contributed by atoms with Crippen LogP contribution in [0.25, 0.3) is 0 Å². The first kappa shape index (κ1) is 22.6. The lowest BCUT2D eigenvalue weighted by Crippen LogP contribution is -2.27. The predicted molar refractivity (Wildman–Crippen MR) is 44.0 cm³/mol. The molecule has 0 rings (SSSR count). The Balaban J connectivity index is -0.0000000457. The molecule has 0 spiro atoms. The molecule has 0 aliphatic carbocycles. The highest BCUT2D eigenvalue weighted by Crippen LogP contribution is 1.73. The molecule has 0 aliphatic heterocycles. The van der Waals surface area contributed by atoms with Gasteiger partial charge >= 0.3 is 0 Å². The van der Waals surface area contributed by atoms with Crippen molar-refractivity contribution in [1.29, 1.82) is 0 Å². The SMILES string of the molecule is C[N+](C)(C)C.O.O=S(=O)([O-])[O-].[NH4+]. The van der Waals surface area contributed by atoms with Gasteiger partial charge in [0.15, 0.2) is 0 Å². The number of hydrogen-bond donors (Lipinski definition) is 1. The lowest BCUT2D eigenvalue weighted by atomic mass is 10.8. The van der Waals surface area contributed by atoms with E-state index >= 15 is 0 Å². The predicted octanol–water partition coefficient (Wildman–Crippen LogP) is -1.46. The van der Waals surface area contributed by atoms with Gasteiger partial charge in [-0.1, -0.05) is 0 Å². The molecule has 0 radical (unpaired) electrons. The third-order valence-electron chi connectivity index (χ3n) is 0. The summed E-state index contributed by atoms with van der Waals surface area (Å²) in [6.45, 7) is 0. The van der Waals surface area contributed by atoms with Gasteiger partial charge in [0.2, 0.25) is 0 Å². The minimum atomic E-state index is -5.17. The number of hydrogen-bond acceptors (Lipinski definition) is 4. The molecule has 0 aromatic rings. The van der Waals surface area contributed by atoms with Crippen LogP contribution in [0.1, 0.15) is 0 Å². The average Bonchev–Trinajstić information content (AvgIpc) is 1.12. The maximum atomic E-state index is 8.52. The molecule has 0 amide bonds. The van der Waals surface area contributed by atoms with Crippen molar-refractivity contribution in [2.24, 2.45) is 0 Å². The van der Waals surface area contributed by atoms with Crippen LogP contribution in [-0.4, -0.2) is 55.7 Å². The highest BCUT2D eigenvalue weighted by Gasteiger charge is 1.88. The molecule has 0 saturated heterocycles. The molecule has 8 heteroatoms. The first-order valence-corrected chi connectivity index (χ1v) is 3.79. The van der Waals surface area contributed by atoms with E-state index in [1.165, 1.54) is 0 Å². The second-order valence-electron chi connectivity index (χ2n) is 3.09. The molecule has 80 valence electrons. The van der Waals surface area contributed by atoms with Crippen LogP contribution in [0.4, 0.5) is 0 Å². The van der Waals surface area contributed by atoms with Crippen molar-refractivity contribution in [3.05, 3.63) is 0 Å². The molecule has 0 aromatic heterocycles. The normalized spacial score (nSPS) is 9.83. The Labute approximate surface area is 73.1 Å². The Morgan fingerprint density at radius 1 is 1.00 bits per heavy atom. The Morgan fingerprint density at radius 3 is 1.00 bits per heavy atom. The summed E-state index contributed by atoms with van der Waals surface area (Å²) in [5.41, 5.74) is 0. The van der Waals surface area contributed by atoms with Crippen molar-refractivity contribution >= 4 is 10.4 Å². The molecule has 0 fully saturated rings. The Bertz CT molecular complexity index is 156. The summed E-state index contributed by atoms with van der Waals surface area (Å²) >= 11 is 0. The molecule has 0 aromatic carbocycles. The minimum absolute atomic E-state index is 0. The van der Waals surface area contributed by atoms with Crippen LogP contribution >= 0.6 is 0 Å². The fraction of sp³-hybridized carbons (Fsp3) is 1.00. The van der Waals surface area contributed by atoms with Crippen LogP contribution in [0.3, 0.4) is 0 Å². The monoisotopic (exact) mass is 206 g/mol. The molecule has 0 bridgehead atoms. The van der Waals surface area contributed by atoms with Crippen LogP contribution in [0.15, 0.2) is 0 Å². The van der Waals surface area contributed by atoms with Gasteiger partial charge in [0.05, 0.1) is 28.2 Å². The number of nitrogens with zero attached hydrogens (tertiary/aromatic N) is 1. The maximum absolute atomic E-state index is 8.52. The third-order valence-corrected chi connectivity index (χ3v) is 0. The van der Waals surface area contributed by atoms with Gasteiger partial charge in [-0.15, -0.1) is 0 Å². The molecule has 6 N–H and O–H groups in total. The summed E-state index contributed by atoms with van der Waals surface area (Å²) in [7, 11) is 3.33. The highest BCUT2D eigenvalue weighted by molar-refractivity contribution is 7.79. The van der Waals surface area contributed by atoms with E-state index in [0.717, 1.165) is 4.48 Å². The van der Waals surface area contributed by atoms with Crippen molar-refractivity contribution < 1.29 is 27.5 Å². The minimum Gasteiger partial charge on any atom is -0.759 e. The van der Waals surface area contributed by atoms with E-state index in [9.17, 15) is 0 Å². The van der Waals surface area contributed by atoms with Crippen LogP contribution < -0.4 is 6.15 Å². The largest absolute Gasteiger partial charge is 0.759 e. The lowest BCUT2D eigenvalue weighted by Gasteiger charge is -2.14. The topological polar surface area (TPSA) is 148 Å². The van der Waals surface area contributed by atoms with E-state index < -0.39 is 10.4 Å². The smallest absolute Gasteiger partial charge is 0.0675 e. The zero-order valence-corrected chi connectivity index (χ0v) is 8.80.